The van der Waals surface area contributed by atoms with Crippen LogP contribution in [0.25, 0.3) is 10.9 Å². The molecule has 2 N–H and O–H groups in total. The summed E-state index contributed by atoms with van der Waals surface area (Å²) in [5.41, 5.74) is 3.29. The lowest BCUT2D eigenvalue weighted by molar-refractivity contribution is -0.118. The van der Waals surface area contributed by atoms with E-state index in [0.29, 0.717) is 18.2 Å². The van der Waals surface area contributed by atoms with Crippen LogP contribution in [-0.4, -0.2) is 26.4 Å². The maximum Gasteiger partial charge on any atom is 0.230 e. The first-order valence-electron chi connectivity index (χ1n) is 8.18. The fourth-order valence-electron chi connectivity index (χ4n) is 2.87. The van der Waals surface area contributed by atoms with Crippen LogP contribution in [0, 0.1) is 0 Å². The summed E-state index contributed by atoms with van der Waals surface area (Å²) in [5.74, 6) is 1.08. The Morgan fingerprint density at radius 1 is 1.42 bits per heavy atom. The number of aromatic amines is 1. The van der Waals surface area contributed by atoms with Gasteiger partial charge in [0, 0.05) is 35.0 Å². The standard InChI is InChI=1S/C18H20N4OS/c1-22-10-17(14-4-2-3-5-16(14)22)24-11-18(23)19-9-13-8-15(21-20-13)12-6-7-12/h2-5,8,10,12H,6-7,9,11H2,1H3,(H,19,23)(H,20,21). The van der Waals surface area contributed by atoms with Crippen molar-refractivity contribution in [3.05, 3.63) is 47.9 Å². The molecule has 0 unspecified atom stereocenters. The smallest absolute Gasteiger partial charge is 0.230 e. The van der Waals surface area contributed by atoms with E-state index in [4.69, 9.17) is 0 Å². The van der Waals surface area contributed by atoms with Gasteiger partial charge in [-0.05, 0) is 25.0 Å². The van der Waals surface area contributed by atoms with E-state index in [1.54, 1.807) is 11.8 Å². The zero-order chi connectivity index (χ0) is 16.5. The van der Waals surface area contributed by atoms with E-state index in [1.165, 1.54) is 23.7 Å². The Labute approximate surface area is 144 Å². The van der Waals surface area contributed by atoms with Crippen molar-refractivity contribution in [1.29, 1.82) is 0 Å². The molecule has 0 atom stereocenters. The first-order chi connectivity index (χ1) is 11.7. The van der Waals surface area contributed by atoms with E-state index < -0.39 is 0 Å². The molecule has 1 aliphatic carbocycles. The van der Waals surface area contributed by atoms with Crippen LogP contribution in [-0.2, 0) is 18.4 Å². The van der Waals surface area contributed by atoms with E-state index in [9.17, 15) is 4.79 Å². The first kappa shape index (κ1) is 15.3. The van der Waals surface area contributed by atoms with Crippen LogP contribution in [0.2, 0.25) is 0 Å². The number of carbonyl (C=O) groups is 1. The maximum absolute atomic E-state index is 12.1. The highest BCUT2D eigenvalue weighted by Gasteiger charge is 2.26. The maximum atomic E-state index is 12.1. The van der Waals surface area contributed by atoms with Gasteiger partial charge in [0.15, 0.2) is 0 Å². The molecule has 0 saturated heterocycles. The number of amides is 1. The van der Waals surface area contributed by atoms with Gasteiger partial charge in [0.1, 0.15) is 0 Å². The average molecular weight is 340 g/mol. The normalized spacial score (nSPS) is 14.2. The molecule has 24 heavy (non-hydrogen) atoms. The summed E-state index contributed by atoms with van der Waals surface area (Å²) < 4.78 is 2.10. The summed E-state index contributed by atoms with van der Waals surface area (Å²) in [7, 11) is 2.03. The molecule has 4 rings (SSSR count). The van der Waals surface area contributed by atoms with Gasteiger partial charge >= 0.3 is 0 Å². The minimum Gasteiger partial charge on any atom is -0.350 e. The highest BCUT2D eigenvalue weighted by Crippen LogP contribution is 2.39. The number of thioether (sulfide) groups is 1. The third-order valence-corrected chi connectivity index (χ3v) is 5.38. The number of benzene rings is 1. The van der Waals surface area contributed by atoms with Crippen molar-refractivity contribution < 1.29 is 4.79 Å². The molecule has 1 amide bonds. The number of H-pyrrole nitrogens is 1. The van der Waals surface area contributed by atoms with Crippen LogP contribution in [0.15, 0.2) is 41.4 Å². The molecule has 0 bridgehead atoms. The quantitative estimate of drug-likeness (QED) is 0.678. The molecule has 124 valence electrons. The fraction of sp³-hybridized carbons (Fsp3) is 0.333. The molecule has 0 spiro atoms. The Balaban J connectivity index is 1.32. The second-order valence-electron chi connectivity index (χ2n) is 6.28. The second kappa shape index (κ2) is 6.36. The summed E-state index contributed by atoms with van der Waals surface area (Å²) in [4.78, 5) is 13.3. The van der Waals surface area contributed by atoms with Crippen LogP contribution >= 0.6 is 11.8 Å². The number of carbonyl (C=O) groups excluding carboxylic acids is 1. The minimum absolute atomic E-state index is 0.0375. The van der Waals surface area contributed by atoms with Crippen molar-refractivity contribution >= 4 is 28.6 Å². The number of aryl methyl sites for hydroxylation is 1. The third-order valence-electron chi connectivity index (χ3n) is 4.34. The van der Waals surface area contributed by atoms with E-state index in [-0.39, 0.29) is 5.91 Å². The van der Waals surface area contributed by atoms with Crippen molar-refractivity contribution in [3.63, 3.8) is 0 Å². The van der Waals surface area contributed by atoms with Crippen molar-refractivity contribution in [2.45, 2.75) is 30.2 Å². The summed E-state index contributed by atoms with van der Waals surface area (Å²) in [6.45, 7) is 0.509. The van der Waals surface area contributed by atoms with Gasteiger partial charge < -0.3 is 9.88 Å². The molecule has 1 aliphatic rings. The molecule has 2 aromatic heterocycles. The van der Waals surface area contributed by atoms with Gasteiger partial charge in [-0.1, -0.05) is 18.2 Å². The Bertz CT molecular complexity index is 878. The minimum atomic E-state index is 0.0375. The predicted molar refractivity (Wildman–Crippen MR) is 96.1 cm³/mol. The monoisotopic (exact) mass is 340 g/mol. The molecule has 1 saturated carbocycles. The molecule has 2 heterocycles. The highest BCUT2D eigenvalue weighted by atomic mass is 32.2. The number of hydrogen-bond donors (Lipinski definition) is 2. The van der Waals surface area contributed by atoms with Crippen LogP contribution in [0.5, 0.6) is 0 Å². The lowest BCUT2D eigenvalue weighted by Gasteiger charge is -2.03. The number of hydrogen-bond acceptors (Lipinski definition) is 3. The summed E-state index contributed by atoms with van der Waals surface area (Å²) >= 11 is 1.58. The molecule has 0 radical (unpaired) electrons. The zero-order valence-corrected chi connectivity index (χ0v) is 14.4. The molecule has 0 aliphatic heterocycles. The Morgan fingerprint density at radius 3 is 3.08 bits per heavy atom. The topological polar surface area (TPSA) is 62.7 Å². The Morgan fingerprint density at radius 2 is 2.25 bits per heavy atom. The van der Waals surface area contributed by atoms with Gasteiger partial charge in [-0.15, -0.1) is 11.8 Å². The molecule has 3 aromatic rings. The van der Waals surface area contributed by atoms with E-state index in [0.717, 1.165) is 16.3 Å². The molecule has 5 nitrogen and oxygen atoms in total. The molecule has 6 heteroatoms. The van der Waals surface area contributed by atoms with Gasteiger partial charge in [0.25, 0.3) is 0 Å². The van der Waals surface area contributed by atoms with Crippen LogP contribution in [0.4, 0.5) is 0 Å². The lowest BCUT2D eigenvalue weighted by Crippen LogP contribution is -2.24. The first-order valence-corrected chi connectivity index (χ1v) is 9.17. The van der Waals surface area contributed by atoms with Gasteiger partial charge in [-0.25, -0.2) is 0 Å². The van der Waals surface area contributed by atoms with Gasteiger partial charge in [0.05, 0.1) is 23.7 Å². The molecular formula is C18H20N4OS. The van der Waals surface area contributed by atoms with Crippen molar-refractivity contribution in [2.24, 2.45) is 7.05 Å². The summed E-state index contributed by atoms with van der Waals surface area (Å²) in [6, 6.07) is 10.3. The Kier molecular flexibility index (Phi) is 4.06. The van der Waals surface area contributed by atoms with Crippen molar-refractivity contribution in [1.82, 2.24) is 20.1 Å². The summed E-state index contributed by atoms with van der Waals surface area (Å²) in [6.07, 6.45) is 4.55. The number of nitrogens with one attached hydrogen (secondary N) is 2. The van der Waals surface area contributed by atoms with Gasteiger partial charge in [0.2, 0.25) is 5.91 Å². The largest absolute Gasteiger partial charge is 0.350 e. The number of fused-ring (bicyclic) bond motifs is 1. The Hall–Kier alpha value is -2.21. The highest BCUT2D eigenvalue weighted by molar-refractivity contribution is 8.00. The van der Waals surface area contributed by atoms with E-state index >= 15 is 0 Å². The van der Waals surface area contributed by atoms with Crippen LogP contribution in [0.1, 0.15) is 30.1 Å². The van der Waals surface area contributed by atoms with E-state index in [2.05, 4.69) is 44.5 Å². The predicted octanol–water partition coefficient (Wildman–Crippen LogP) is 3.19. The molecular weight excluding hydrogens is 320 g/mol. The number of nitrogens with zero attached hydrogens (tertiary/aromatic N) is 2. The second-order valence-corrected chi connectivity index (χ2v) is 7.30. The third kappa shape index (κ3) is 3.19. The van der Waals surface area contributed by atoms with Crippen LogP contribution < -0.4 is 5.32 Å². The van der Waals surface area contributed by atoms with Crippen molar-refractivity contribution in [3.8, 4) is 0 Å². The lowest BCUT2D eigenvalue weighted by atomic mass is 10.2. The number of para-hydroxylation sites is 1. The average Bonchev–Trinajstić information content (AvgIpc) is 3.26. The fourth-order valence-corrected chi connectivity index (χ4v) is 3.82. The van der Waals surface area contributed by atoms with Gasteiger partial charge in [-0.2, -0.15) is 5.10 Å². The van der Waals surface area contributed by atoms with Crippen LogP contribution in [0.3, 0.4) is 0 Å². The SMILES string of the molecule is Cn1cc(SCC(=O)NCc2cc(C3CC3)n[nH]2)c2ccccc21. The van der Waals surface area contributed by atoms with Crippen molar-refractivity contribution in [2.75, 3.05) is 5.75 Å². The molecule has 1 aromatic carbocycles. The number of aromatic nitrogens is 3. The summed E-state index contributed by atoms with van der Waals surface area (Å²) in [5, 5.41) is 11.5. The van der Waals surface area contributed by atoms with Gasteiger partial charge in [-0.3, -0.25) is 9.89 Å². The van der Waals surface area contributed by atoms with E-state index in [1.807, 2.05) is 19.2 Å². The zero-order valence-electron chi connectivity index (χ0n) is 13.6. The molecule has 1 fully saturated rings. The number of rotatable bonds is 6.